The van der Waals surface area contributed by atoms with E-state index >= 15 is 0 Å². The molecule has 21 heavy (non-hydrogen) atoms. The summed E-state index contributed by atoms with van der Waals surface area (Å²) in [7, 11) is 0. The van der Waals surface area contributed by atoms with Crippen LogP contribution in [-0.4, -0.2) is 47.2 Å². The van der Waals surface area contributed by atoms with E-state index in [0.29, 0.717) is 11.8 Å². The Morgan fingerprint density at radius 3 is 2.86 bits per heavy atom. The van der Waals surface area contributed by atoms with E-state index in [0.717, 1.165) is 28.4 Å². The Balaban J connectivity index is 1.50. The lowest BCUT2D eigenvalue weighted by Gasteiger charge is -2.32. The number of aromatic hydroxyl groups is 1. The van der Waals surface area contributed by atoms with E-state index in [1.807, 2.05) is 12.1 Å². The second-order valence-corrected chi connectivity index (χ2v) is 7.14. The van der Waals surface area contributed by atoms with Crippen molar-refractivity contribution >= 4 is 26.7 Å². The van der Waals surface area contributed by atoms with E-state index in [2.05, 4.69) is 9.80 Å². The minimum absolute atomic E-state index is 0.324. The molecule has 2 aromatic rings. The molecule has 0 amide bonds. The van der Waals surface area contributed by atoms with Crippen molar-refractivity contribution in [2.75, 3.05) is 31.1 Å². The molecule has 112 valence electrons. The molecule has 0 spiro atoms. The van der Waals surface area contributed by atoms with Crippen LogP contribution in [0.4, 0.5) is 5.13 Å². The number of aromatic nitrogens is 1. The molecule has 1 aromatic carbocycles. The van der Waals surface area contributed by atoms with Crippen molar-refractivity contribution < 1.29 is 5.11 Å². The summed E-state index contributed by atoms with van der Waals surface area (Å²) < 4.78 is 1.08. The number of nitrogens with zero attached hydrogens (tertiary/aromatic N) is 3. The normalized spacial score (nSPS) is 24.0. The van der Waals surface area contributed by atoms with E-state index in [4.69, 9.17) is 4.98 Å². The molecule has 1 aromatic heterocycles. The van der Waals surface area contributed by atoms with Crippen LogP contribution in [0.1, 0.15) is 25.7 Å². The van der Waals surface area contributed by atoms with E-state index in [9.17, 15) is 5.11 Å². The number of hydrogen-bond donors (Lipinski definition) is 1. The second kappa shape index (κ2) is 5.46. The van der Waals surface area contributed by atoms with Crippen LogP contribution in [0, 0.1) is 0 Å². The van der Waals surface area contributed by atoms with Gasteiger partial charge in [-0.25, -0.2) is 4.98 Å². The monoisotopic (exact) mass is 303 g/mol. The number of benzene rings is 1. The third-order valence-corrected chi connectivity index (χ3v) is 5.78. The molecule has 2 aliphatic rings. The van der Waals surface area contributed by atoms with Crippen LogP contribution in [0.2, 0.25) is 0 Å². The zero-order valence-corrected chi connectivity index (χ0v) is 13.0. The Hall–Kier alpha value is -1.33. The van der Waals surface area contributed by atoms with Gasteiger partial charge in [0.1, 0.15) is 5.75 Å². The van der Waals surface area contributed by atoms with Crippen LogP contribution < -0.4 is 4.90 Å². The first-order valence-electron chi connectivity index (χ1n) is 7.88. The molecule has 1 unspecified atom stereocenters. The molecule has 2 saturated heterocycles. The Bertz CT molecular complexity index is 635. The van der Waals surface area contributed by atoms with Crippen LogP contribution >= 0.6 is 11.3 Å². The van der Waals surface area contributed by atoms with Crippen molar-refractivity contribution in [3.05, 3.63) is 18.2 Å². The van der Waals surface area contributed by atoms with Crippen LogP contribution in [0.15, 0.2) is 18.2 Å². The first-order valence-corrected chi connectivity index (χ1v) is 8.70. The summed E-state index contributed by atoms with van der Waals surface area (Å²) >= 11 is 1.69. The van der Waals surface area contributed by atoms with Crippen LogP contribution in [0.3, 0.4) is 0 Å². The molecule has 1 atom stereocenters. The lowest BCUT2D eigenvalue weighted by molar-refractivity contribution is 0.175. The van der Waals surface area contributed by atoms with Gasteiger partial charge in [-0.15, -0.1) is 0 Å². The summed E-state index contributed by atoms with van der Waals surface area (Å²) in [5, 5.41) is 10.7. The fourth-order valence-corrected chi connectivity index (χ4v) is 4.57. The molecule has 2 aliphatic heterocycles. The lowest BCUT2D eigenvalue weighted by Crippen LogP contribution is -2.40. The Morgan fingerprint density at radius 2 is 2.00 bits per heavy atom. The first-order chi connectivity index (χ1) is 10.3. The van der Waals surface area contributed by atoms with Gasteiger partial charge in [-0.05, 0) is 50.6 Å². The average Bonchev–Trinajstić information content (AvgIpc) is 3.14. The molecule has 0 saturated carbocycles. The minimum atomic E-state index is 0.324. The molecule has 4 nitrogen and oxygen atoms in total. The van der Waals surface area contributed by atoms with Crippen molar-refractivity contribution in [1.29, 1.82) is 0 Å². The van der Waals surface area contributed by atoms with Gasteiger partial charge in [-0.2, -0.15) is 0 Å². The smallest absolute Gasteiger partial charge is 0.186 e. The van der Waals surface area contributed by atoms with Crippen molar-refractivity contribution in [3.63, 3.8) is 0 Å². The largest absolute Gasteiger partial charge is 0.508 e. The van der Waals surface area contributed by atoms with Crippen molar-refractivity contribution in [2.24, 2.45) is 0 Å². The number of phenols is 1. The maximum Gasteiger partial charge on any atom is 0.186 e. The number of thiazole rings is 1. The number of rotatable bonds is 2. The lowest BCUT2D eigenvalue weighted by atomic mass is 10.1. The third-order valence-electron chi connectivity index (χ3n) is 4.70. The zero-order chi connectivity index (χ0) is 14.2. The molecule has 1 N–H and O–H groups in total. The molecular formula is C16H21N3OS. The summed E-state index contributed by atoms with van der Waals surface area (Å²) in [6.45, 7) is 4.75. The number of phenolic OH excluding ortho intramolecular Hbond substituents is 1. The number of fused-ring (bicyclic) bond motifs is 1. The third kappa shape index (κ3) is 2.60. The van der Waals surface area contributed by atoms with Crippen molar-refractivity contribution in [2.45, 2.75) is 31.7 Å². The van der Waals surface area contributed by atoms with Gasteiger partial charge >= 0.3 is 0 Å². The highest BCUT2D eigenvalue weighted by atomic mass is 32.1. The van der Waals surface area contributed by atoms with Gasteiger partial charge in [0.25, 0.3) is 0 Å². The number of hydrogen-bond acceptors (Lipinski definition) is 5. The van der Waals surface area contributed by atoms with Gasteiger partial charge in [-0.1, -0.05) is 17.8 Å². The Kier molecular flexibility index (Phi) is 3.47. The van der Waals surface area contributed by atoms with Gasteiger partial charge in [0, 0.05) is 19.1 Å². The topological polar surface area (TPSA) is 39.6 Å². The Labute approximate surface area is 129 Å². The van der Waals surface area contributed by atoms with Crippen LogP contribution in [0.25, 0.3) is 10.2 Å². The highest BCUT2D eigenvalue weighted by molar-refractivity contribution is 7.22. The predicted molar refractivity (Wildman–Crippen MR) is 87.3 cm³/mol. The predicted octanol–water partition coefficient (Wildman–Crippen LogP) is 3.07. The van der Waals surface area contributed by atoms with Crippen LogP contribution in [-0.2, 0) is 0 Å². The van der Waals surface area contributed by atoms with Crippen LogP contribution in [0.5, 0.6) is 5.75 Å². The van der Waals surface area contributed by atoms with Gasteiger partial charge < -0.3 is 10.0 Å². The molecular weight excluding hydrogens is 282 g/mol. The zero-order valence-electron chi connectivity index (χ0n) is 12.2. The molecule has 2 fully saturated rings. The number of anilines is 1. The molecule has 0 aliphatic carbocycles. The number of piperidine rings is 1. The summed E-state index contributed by atoms with van der Waals surface area (Å²) in [5.41, 5.74) is 0.995. The maximum absolute atomic E-state index is 9.58. The van der Waals surface area contributed by atoms with E-state index < -0.39 is 0 Å². The quantitative estimate of drug-likeness (QED) is 0.925. The number of likely N-dealkylation sites (tertiary alicyclic amines) is 1. The summed E-state index contributed by atoms with van der Waals surface area (Å²) in [6.07, 6.45) is 5.36. The first kappa shape index (κ1) is 13.3. The van der Waals surface area contributed by atoms with Crippen molar-refractivity contribution in [3.8, 4) is 5.75 Å². The van der Waals surface area contributed by atoms with Crippen molar-refractivity contribution in [1.82, 2.24) is 9.88 Å². The molecule has 5 heteroatoms. The molecule has 0 radical (unpaired) electrons. The van der Waals surface area contributed by atoms with Gasteiger partial charge in [-0.3, -0.25) is 4.90 Å². The standard InChI is InChI=1S/C16H21N3OS/c20-13-4-5-14-15(10-13)21-16(17-14)19-9-6-12(11-19)18-7-2-1-3-8-18/h4-5,10,12,20H,1-3,6-9,11H2. The van der Waals surface area contributed by atoms with E-state index in [-0.39, 0.29) is 0 Å². The summed E-state index contributed by atoms with van der Waals surface area (Å²) in [6, 6.07) is 6.13. The maximum atomic E-state index is 9.58. The Morgan fingerprint density at radius 1 is 1.14 bits per heavy atom. The van der Waals surface area contributed by atoms with Gasteiger partial charge in [0.2, 0.25) is 0 Å². The fourth-order valence-electron chi connectivity index (χ4n) is 3.53. The molecule has 4 rings (SSSR count). The van der Waals surface area contributed by atoms with E-state index in [1.165, 1.54) is 38.8 Å². The fraction of sp³-hybridized carbons (Fsp3) is 0.562. The highest BCUT2D eigenvalue weighted by Gasteiger charge is 2.29. The van der Waals surface area contributed by atoms with Gasteiger partial charge in [0.15, 0.2) is 5.13 Å². The van der Waals surface area contributed by atoms with Gasteiger partial charge in [0.05, 0.1) is 10.2 Å². The SMILES string of the molecule is Oc1ccc2nc(N3CCC(N4CCCCC4)C3)sc2c1. The highest BCUT2D eigenvalue weighted by Crippen LogP contribution is 2.33. The average molecular weight is 303 g/mol. The minimum Gasteiger partial charge on any atom is -0.508 e. The molecule has 3 heterocycles. The summed E-state index contributed by atoms with van der Waals surface area (Å²) in [4.78, 5) is 9.82. The summed E-state index contributed by atoms with van der Waals surface area (Å²) in [5.74, 6) is 0.324. The second-order valence-electron chi connectivity index (χ2n) is 6.13. The van der Waals surface area contributed by atoms with E-state index in [1.54, 1.807) is 17.4 Å². The molecule has 0 bridgehead atoms.